The van der Waals surface area contributed by atoms with Crippen LogP contribution in [0.5, 0.6) is 0 Å². The van der Waals surface area contributed by atoms with E-state index in [-0.39, 0.29) is 0 Å². The smallest absolute Gasteiger partial charge is 0.0540 e. The van der Waals surface area contributed by atoms with Gasteiger partial charge in [0.05, 0.1) is 11.9 Å². The molecule has 1 aliphatic rings. The average molecular weight is 283 g/mol. The topological polar surface area (TPSA) is 24.9 Å². The lowest BCUT2D eigenvalue weighted by Gasteiger charge is -2.29. The molecule has 0 amide bonds. The van der Waals surface area contributed by atoms with Crippen molar-refractivity contribution in [2.75, 3.05) is 5.32 Å². The Hall–Kier alpha value is -0.570. The van der Waals surface area contributed by atoms with Crippen molar-refractivity contribution in [1.82, 2.24) is 4.98 Å². The molecular formula is C13H19BrN2. The van der Waals surface area contributed by atoms with Crippen LogP contribution in [-0.4, -0.2) is 11.0 Å². The normalized spacial score (nSPS) is 25.4. The molecule has 0 aromatic carbocycles. The molecule has 3 heteroatoms. The fraction of sp³-hybridized carbons (Fsp3) is 0.615. The first-order valence-corrected chi connectivity index (χ1v) is 6.94. The van der Waals surface area contributed by atoms with Crippen LogP contribution >= 0.6 is 15.9 Å². The van der Waals surface area contributed by atoms with Crippen molar-refractivity contribution in [3.8, 4) is 0 Å². The first-order valence-electron chi connectivity index (χ1n) is 6.15. The molecule has 2 nitrogen and oxygen atoms in total. The van der Waals surface area contributed by atoms with Crippen LogP contribution in [-0.2, 0) is 0 Å². The standard InChI is InChI=1S/C13H19BrN2/c1-2-10-4-3-5-12(6-10)16-13-7-11(14)8-15-9-13/h7-10,12,16H,2-6H2,1H3. The molecule has 2 atom stereocenters. The molecule has 1 heterocycles. The molecule has 1 fully saturated rings. The van der Waals surface area contributed by atoms with Crippen molar-refractivity contribution in [2.24, 2.45) is 5.92 Å². The van der Waals surface area contributed by atoms with E-state index in [9.17, 15) is 0 Å². The summed E-state index contributed by atoms with van der Waals surface area (Å²) in [6.07, 6.45) is 10.4. The Bertz CT molecular complexity index is 340. The maximum atomic E-state index is 4.18. The van der Waals surface area contributed by atoms with Crippen molar-refractivity contribution < 1.29 is 0 Å². The number of hydrogen-bond acceptors (Lipinski definition) is 2. The summed E-state index contributed by atoms with van der Waals surface area (Å²) in [6.45, 7) is 2.30. The van der Waals surface area contributed by atoms with Crippen molar-refractivity contribution >= 4 is 21.6 Å². The molecule has 0 aliphatic heterocycles. The van der Waals surface area contributed by atoms with Crippen molar-refractivity contribution in [1.29, 1.82) is 0 Å². The van der Waals surface area contributed by atoms with Gasteiger partial charge in [0.15, 0.2) is 0 Å². The lowest BCUT2D eigenvalue weighted by atomic mass is 9.84. The van der Waals surface area contributed by atoms with E-state index in [1.807, 2.05) is 12.4 Å². The Morgan fingerprint density at radius 3 is 3.06 bits per heavy atom. The lowest BCUT2D eigenvalue weighted by Crippen LogP contribution is -2.27. The van der Waals surface area contributed by atoms with Crippen LogP contribution in [0.1, 0.15) is 39.0 Å². The summed E-state index contributed by atoms with van der Waals surface area (Å²) in [6, 6.07) is 2.73. The number of anilines is 1. The summed E-state index contributed by atoms with van der Waals surface area (Å²) >= 11 is 3.45. The van der Waals surface area contributed by atoms with Gasteiger partial charge in [-0.15, -0.1) is 0 Å². The highest BCUT2D eigenvalue weighted by Crippen LogP contribution is 2.28. The maximum absolute atomic E-state index is 4.18. The molecule has 16 heavy (non-hydrogen) atoms. The van der Waals surface area contributed by atoms with Crippen LogP contribution in [0, 0.1) is 5.92 Å². The summed E-state index contributed by atoms with van der Waals surface area (Å²) in [7, 11) is 0. The highest BCUT2D eigenvalue weighted by atomic mass is 79.9. The minimum Gasteiger partial charge on any atom is -0.381 e. The fourth-order valence-electron chi connectivity index (χ4n) is 2.52. The first-order chi connectivity index (χ1) is 7.78. The van der Waals surface area contributed by atoms with Gasteiger partial charge in [-0.05, 0) is 40.8 Å². The minimum atomic E-state index is 0.634. The van der Waals surface area contributed by atoms with Gasteiger partial charge in [0.25, 0.3) is 0 Å². The third-order valence-electron chi connectivity index (χ3n) is 3.44. The zero-order valence-corrected chi connectivity index (χ0v) is 11.3. The van der Waals surface area contributed by atoms with E-state index in [0.717, 1.165) is 16.1 Å². The third-order valence-corrected chi connectivity index (χ3v) is 3.87. The number of hydrogen-bond donors (Lipinski definition) is 1. The summed E-state index contributed by atoms with van der Waals surface area (Å²) in [4.78, 5) is 4.18. The molecule has 0 radical (unpaired) electrons. The highest BCUT2D eigenvalue weighted by molar-refractivity contribution is 9.10. The number of rotatable bonds is 3. The highest BCUT2D eigenvalue weighted by Gasteiger charge is 2.20. The summed E-state index contributed by atoms with van der Waals surface area (Å²) < 4.78 is 1.04. The van der Waals surface area contributed by atoms with Gasteiger partial charge in [0.2, 0.25) is 0 Å². The van der Waals surface area contributed by atoms with E-state index in [4.69, 9.17) is 0 Å². The van der Waals surface area contributed by atoms with Crippen LogP contribution in [0.15, 0.2) is 22.9 Å². The van der Waals surface area contributed by atoms with E-state index in [2.05, 4.69) is 39.2 Å². The molecule has 1 saturated carbocycles. The SMILES string of the molecule is CCC1CCCC(Nc2cncc(Br)c2)C1. The second-order valence-electron chi connectivity index (χ2n) is 4.67. The molecule has 0 saturated heterocycles. The second-order valence-corrected chi connectivity index (χ2v) is 5.59. The molecule has 1 N–H and O–H groups in total. The molecular weight excluding hydrogens is 264 g/mol. The van der Waals surface area contributed by atoms with Crippen LogP contribution in [0.4, 0.5) is 5.69 Å². The predicted molar refractivity (Wildman–Crippen MR) is 71.6 cm³/mol. The van der Waals surface area contributed by atoms with Crippen LogP contribution in [0.25, 0.3) is 0 Å². The van der Waals surface area contributed by atoms with Crippen molar-refractivity contribution in [3.05, 3.63) is 22.9 Å². The van der Waals surface area contributed by atoms with Crippen LogP contribution in [0.2, 0.25) is 0 Å². The third kappa shape index (κ3) is 3.21. The Morgan fingerprint density at radius 2 is 2.31 bits per heavy atom. The van der Waals surface area contributed by atoms with Crippen molar-refractivity contribution in [2.45, 2.75) is 45.1 Å². The average Bonchev–Trinajstić information content (AvgIpc) is 2.29. The predicted octanol–water partition coefficient (Wildman–Crippen LogP) is 4.22. The zero-order valence-electron chi connectivity index (χ0n) is 9.75. The van der Waals surface area contributed by atoms with Gasteiger partial charge in [0, 0.05) is 16.7 Å². The van der Waals surface area contributed by atoms with E-state index in [1.54, 1.807) is 0 Å². The van der Waals surface area contributed by atoms with Gasteiger partial charge < -0.3 is 5.32 Å². The largest absolute Gasteiger partial charge is 0.381 e. The molecule has 1 aliphatic carbocycles. The Morgan fingerprint density at radius 1 is 1.44 bits per heavy atom. The molecule has 2 rings (SSSR count). The van der Waals surface area contributed by atoms with Gasteiger partial charge >= 0.3 is 0 Å². The summed E-state index contributed by atoms with van der Waals surface area (Å²) in [5.41, 5.74) is 1.14. The Labute approximate surface area is 106 Å². The molecule has 0 spiro atoms. The monoisotopic (exact) mass is 282 g/mol. The minimum absolute atomic E-state index is 0.634. The summed E-state index contributed by atoms with van der Waals surface area (Å²) in [5.74, 6) is 0.909. The van der Waals surface area contributed by atoms with Gasteiger partial charge in [-0.1, -0.05) is 26.2 Å². The van der Waals surface area contributed by atoms with Crippen LogP contribution in [0.3, 0.4) is 0 Å². The molecule has 1 aromatic heterocycles. The first kappa shape index (κ1) is 11.9. The maximum Gasteiger partial charge on any atom is 0.0540 e. The lowest BCUT2D eigenvalue weighted by molar-refractivity contribution is 0.327. The quantitative estimate of drug-likeness (QED) is 0.898. The number of nitrogens with one attached hydrogen (secondary N) is 1. The number of nitrogens with zero attached hydrogens (tertiary/aromatic N) is 1. The van der Waals surface area contributed by atoms with Gasteiger partial charge in [-0.3, -0.25) is 4.98 Å². The molecule has 0 bridgehead atoms. The van der Waals surface area contributed by atoms with Crippen LogP contribution < -0.4 is 5.32 Å². The van der Waals surface area contributed by atoms with Gasteiger partial charge in [-0.25, -0.2) is 0 Å². The van der Waals surface area contributed by atoms with E-state index < -0.39 is 0 Å². The number of pyridine rings is 1. The Kier molecular flexibility index (Phi) is 4.22. The fourth-order valence-corrected chi connectivity index (χ4v) is 2.88. The van der Waals surface area contributed by atoms with E-state index in [0.29, 0.717) is 6.04 Å². The zero-order chi connectivity index (χ0) is 11.4. The van der Waals surface area contributed by atoms with Gasteiger partial charge in [-0.2, -0.15) is 0 Å². The van der Waals surface area contributed by atoms with E-state index in [1.165, 1.54) is 32.1 Å². The Balaban J connectivity index is 1.94. The second kappa shape index (κ2) is 5.67. The van der Waals surface area contributed by atoms with Crippen molar-refractivity contribution in [3.63, 3.8) is 0 Å². The summed E-state index contributed by atoms with van der Waals surface area (Å²) in [5, 5.41) is 3.59. The molecule has 1 aromatic rings. The number of aromatic nitrogens is 1. The number of halogens is 1. The molecule has 88 valence electrons. The van der Waals surface area contributed by atoms with E-state index >= 15 is 0 Å². The molecule has 2 unspecified atom stereocenters. The van der Waals surface area contributed by atoms with Gasteiger partial charge in [0.1, 0.15) is 0 Å².